The molecule has 0 aliphatic heterocycles. The van der Waals surface area contributed by atoms with E-state index in [9.17, 15) is 4.79 Å². The summed E-state index contributed by atoms with van der Waals surface area (Å²) in [6.07, 6.45) is 7.45. The van der Waals surface area contributed by atoms with Crippen LogP contribution in [0.5, 0.6) is 0 Å². The van der Waals surface area contributed by atoms with Gasteiger partial charge in [0.15, 0.2) is 0 Å². The number of amides is 1. The molecule has 0 spiro atoms. The third kappa shape index (κ3) is 5.06. The summed E-state index contributed by atoms with van der Waals surface area (Å²) in [5.74, 6) is 5.66. The summed E-state index contributed by atoms with van der Waals surface area (Å²) in [4.78, 5) is 16.8. The number of aryl methyl sites for hydroxylation is 1. The Kier molecular flexibility index (Phi) is 6.00. The first kappa shape index (κ1) is 15.3. The van der Waals surface area contributed by atoms with Crippen molar-refractivity contribution in [1.29, 1.82) is 0 Å². The van der Waals surface area contributed by atoms with Crippen LogP contribution in [0.4, 0.5) is 0 Å². The lowest BCUT2D eigenvalue weighted by atomic mass is 10.2. The summed E-state index contributed by atoms with van der Waals surface area (Å²) >= 11 is 1.46. The molecule has 6 heteroatoms. The lowest BCUT2D eigenvalue weighted by molar-refractivity contribution is 0.0953. The number of nitrogens with two attached hydrogens (primary N) is 1. The van der Waals surface area contributed by atoms with Crippen molar-refractivity contribution in [3.63, 3.8) is 0 Å². The standard InChI is InChI=1S/C15H18N4OS/c16-5-3-4-14-10-13(11-21-14)15(20)18-6-1-2-8-19-9-7-17-12-19/h7,9-12H,1-2,5-6,8,16H2,(H,18,20). The van der Waals surface area contributed by atoms with E-state index in [0.29, 0.717) is 18.7 Å². The van der Waals surface area contributed by atoms with Crippen LogP contribution < -0.4 is 11.1 Å². The summed E-state index contributed by atoms with van der Waals surface area (Å²) < 4.78 is 2.03. The normalized spacial score (nSPS) is 9.95. The summed E-state index contributed by atoms with van der Waals surface area (Å²) in [5, 5.41) is 4.74. The summed E-state index contributed by atoms with van der Waals surface area (Å²) in [6.45, 7) is 1.93. The SMILES string of the molecule is NCC#Cc1cc(C(=O)NCCCCn2ccnc2)cs1. The third-order valence-electron chi connectivity index (χ3n) is 2.86. The van der Waals surface area contributed by atoms with Gasteiger partial charge in [-0.25, -0.2) is 4.98 Å². The van der Waals surface area contributed by atoms with Crippen LogP contribution in [-0.2, 0) is 6.54 Å². The van der Waals surface area contributed by atoms with Gasteiger partial charge in [-0.2, -0.15) is 0 Å². The Morgan fingerprint density at radius 1 is 1.48 bits per heavy atom. The highest BCUT2D eigenvalue weighted by atomic mass is 32.1. The van der Waals surface area contributed by atoms with E-state index in [-0.39, 0.29) is 5.91 Å². The fourth-order valence-electron chi connectivity index (χ4n) is 1.80. The minimum absolute atomic E-state index is 0.0466. The van der Waals surface area contributed by atoms with Crippen molar-refractivity contribution in [2.45, 2.75) is 19.4 Å². The maximum absolute atomic E-state index is 11.9. The fourth-order valence-corrected chi connectivity index (χ4v) is 2.56. The molecule has 5 nitrogen and oxygen atoms in total. The van der Waals surface area contributed by atoms with Crippen molar-refractivity contribution < 1.29 is 4.79 Å². The van der Waals surface area contributed by atoms with Crippen LogP contribution in [-0.4, -0.2) is 28.5 Å². The maximum atomic E-state index is 11.9. The van der Waals surface area contributed by atoms with Crippen molar-refractivity contribution in [3.8, 4) is 11.8 Å². The smallest absolute Gasteiger partial charge is 0.252 e. The highest BCUT2D eigenvalue weighted by Gasteiger charge is 2.06. The van der Waals surface area contributed by atoms with Gasteiger partial charge in [0.2, 0.25) is 0 Å². The second-order valence-electron chi connectivity index (χ2n) is 4.47. The Morgan fingerprint density at radius 2 is 2.38 bits per heavy atom. The van der Waals surface area contributed by atoms with Crippen molar-refractivity contribution in [2.75, 3.05) is 13.1 Å². The molecule has 21 heavy (non-hydrogen) atoms. The molecule has 2 aromatic rings. The van der Waals surface area contributed by atoms with E-state index in [0.717, 1.165) is 24.3 Å². The number of hydrogen-bond acceptors (Lipinski definition) is 4. The second kappa shape index (κ2) is 8.25. The number of hydrogen-bond donors (Lipinski definition) is 2. The number of unbranched alkanes of at least 4 members (excludes halogenated alkanes) is 1. The number of thiophene rings is 1. The molecule has 0 unspecified atom stereocenters. The first-order chi connectivity index (χ1) is 10.3. The van der Waals surface area contributed by atoms with Crippen molar-refractivity contribution in [2.24, 2.45) is 5.73 Å². The largest absolute Gasteiger partial charge is 0.352 e. The zero-order valence-corrected chi connectivity index (χ0v) is 12.5. The Hall–Kier alpha value is -2.10. The van der Waals surface area contributed by atoms with E-state index in [2.05, 4.69) is 22.1 Å². The molecule has 0 bridgehead atoms. The number of imidazole rings is 1. The molecular formula is C15H18N4OS. The van der Waals surface area contributed by atoms with E-state index in [1.54, 1.807) is 18.6 Å². The van der Waals surface area contributed by atoms with Crippen LogP contribution in [0.3, 0.4) is 0 Å². The summed E-state index contributed by atoms with van der Waals surface area (Å²) in [6, 6.07) is 1.80. The molecule has 3 N–H and O–H groups in total. The Labute approximate surface area is 128 Å². The highest BCUT2D eigenvalue weighted by molar-refractivity contribution is 7.10. The maximum Gasteiger partial charge on any atom is 0.252 e. The van der Waals surface area contributed by atoms with Crippen LogP contribution >= 0.6 is 11.3 Å². The molecule has 0 saturated carbocycles. The van der Waals surface area contributed by atoms with Gasteiger partial charge in [-0.1, -0.05) is 11.8 Å². The van der Waals surface area contributed by atoms with Gasteiger partial charge < -0.3 is 15.6 Å². The number of nitrogens with one attached hydrogen (secondary N) is 1. The molecule has 2 aromatic heterocycles. The van der Waals surface area contributed by atoms with Gasteiger partial charge in [0.1, 0.15) is 0 Å². The molecule has 0 fully saturated rings. The molecule has 0 aliphatic carbocycles. The zero-order valence-electron chi connectivity index (χ0n) is 11.7. The van der Waals surface area contributed by atoms with E-state index in [1.165, 1.54) is 11.3 Å². The van der Waals surface area contributed by atoms with Crippen molar-refractivity contribution in [3.05, 3.63) is 40.6 Å². The zero-order chi connectivity index (χ0) is 14.9. The van der Waals surface area contributed by atoms with Gasteiger partial charge in [-0.05, 0) is 18.9 Å². The number of rotatable bonds is 6. The van der Waals surface area contributed by atoms with Gasteiger partial charge in [0.25, 0.3) is 5.91 Å². The molecule has 0 radical (unpaired) electrons. The minimum atomic E-state index is -0.0466. The molecular weight excluding hydrogens is 284 g/mol. The molecule has 0 saturated heterocycles. The molecule has 1 amide bonds. The topological polar surface area (TPSA) is 72.9 Å². The van der Waals surface area contributed by atoms with Crippen LogP contribution in [0.25, 0.3) is 0 Å². The van der Waals surface area contributed by atoms with Gasteiger partial charge >= 0.3 is 0 Å². The lowest BCUT2D eigenvalue weighted by Gasteiger charge is -2.04. The van der Waals surface area contributed by atoms with Gasteiger partial charge in [0, 0.05) is 30.9 Å². The number of aromatic nitrogens is 2. The molecule has 110 valence electrons. The van der Waals surface area contributed by atoms with Crippen molar-refractivity contribution in [1.82, 2.24) is 14.9 Å². The Balaban J connectivity index is 1.68. The molecule has 0 aliphatic rings. The predicted molar refractivity (Wildman–Crippen MR) is 84.0 cm³/mol. The van der Waals surface area contributed by atoms with E-state index < -0.39 is 0 Å². The van der Waals surface area contributed by atoms with E-state index in [4.69, 9.17) is 5.73 Å². The minimum Gasteiger partial charge on any atom is -0.352 e. The summed E-state index contributed by atoms with van der Waals surface area (Å²) in [5.41, 5.74) is 5.98. The first-order valence-corrected chi connectivity index (χ1v) is 7.69. The molecule has 2 rings (SSSR count). The number of carbonyl (C=O) groups is 1. The first-order valence-electron chi connectivity index (χ1n) is 6.81. The highest BCUT2D eigenvalue weighted by Crippen LogP contribution is 2.13. The van der Waals surface area contributed by atoms with Gasteiger partial charge in [0.05, 0.1) is 23.3 Å². The van der Waals surface area contributed by atoms with E-state index in [1.807, 2.05) is 16.1 Å². The van der Waals surface area contributed by atoms with Crippen LogP contribution in [0.1, 0.15) is 28.1 Å². The molecule has 0 aromatic carbocycles. The Morgan fingerprint density at radius 3 is 3.14 bits per heavy atom. The number of nitrogens with zero attached hydrogens (tertiary/aromatic N) is 2. The predicted octanol–water partition coefficient (Wildman–Crippen LogP) is 1.46. The van der Waals surface area contributed by atoms with Crippen LogP contribution in [0.15, 0.2) is 30.2 Å². The molecule has 0 atom stereocenters. The number of carbonyl (C=O) groups excluding carboxylic acids is 1. The van der Waals surface area contributed by atoms with Gasteiger partial charge in [-0.3, -0.25) is 4.79 Å². The quantitative estimate of drug-likeness (QED) is 0.627. The van der Waals surface area contributed by atoms with Crippen molar-refractivity contribution >= 4 is 17.2 Å². The Bertz CT molecular complexity index is 622. The fraction of sp³-hybridized carbons (Fsp3) is 0.333. The van der Waals surface area contributed by atoms with Crippen LogP contribution in [0.2, 0.25) is 0 Å². The molecule has 2 heterocycles. The average Bonchev–Trinajstić information content (AvgIpc) is 3.16. The van der Waals surface area contributed by atoms with Crippen LogP contribution in [0, 0.1) is 11.8 Å². The summed E-state index contributed by atoms with van der Waals surface area (Å²) in [7, 11) is 0. The lowest BCUT2D eigenvalue weighted by Crippen LogP contribution is -2.24. The third-order valence-corrected chi connectivity index (χ3v) is 3.71. The van der Waals surface area contributed by atoms with E-state index >= 15 is 0 Å². The monoisotopic (exact) mass is 302 g/mol. The van der Waals surface area contributed by atoms with Gasteiger partial charge in [-0.15, -0.1) is 11.3 Å². The second-order valence-corrected chi connectivity index (χ2v) is 5.38. The average molecular weight is 302 g/mol.